The highest BCUT2D eigenvalue weighted by Crippen LogP contribution is 2.39. The van der Waals surface area contributed by atoms with Gasteiger partial charge in [0.05, 0.1) is 0 Å². The smallest absolute Gasteiger partial charge is 0.00436 e. The first-order valence-corrected chi connectivity index (χ1v) is 6.93. The largest absolute Gasteiger partial charge is 0.317 e. The molecule has 1 heteroatoms. The van der Waals surface area contributed by atoms with Gasteiger partial charge in [-0.05, 0) is 50.1 Å². The van der Waals surface area contributed by atoms with Crippen molar-refractivity contribution < 1.29 is 0 Å². The molecule has 1 aliphatic heterocycles. The highest BCUT2D eigenvalue weighted by molar-refractivity contribution is 4.84. The standard InChI is InChI=1S/C14H29N/c1-4-7-14(8-6-13(3)5-2)9-11-15-12-10-14/h13,15H,4-12H2,1-3H3/t13-/m0/s1. The summed E-state index contributed by atoms with van der Waals surface area (Å²) in [5, 5.41) is 3.50. The fourth-order valence-corrected chi connectivity index (χ4v) is 2.87. The molecule has 0 aliphatic carbocycles. The van der Waals surface area contributed by atoms with E-state index < -0.39 is 0 Å². The van der Waals surface area contributed by atoms with Crippen LogP contribution >= 0.6 is 0 Å². The zero-order valence-electron chi connectivity index (χ0n) is 10.9. The van der Waals surface area contributed by atoms with Gasteiger partial charge in [-0.3, -0.25) is 0 Å². The summed E-state index contributed by atoms with van der Waals surface area (Å²) in [4.78, 5) is 0. The van der Waals surface area contributed by atoms with Gasteiger partial charge in [0.2, 0.25) is 0 Å². The van der Waals surface area contributed by atoms with E-state index in [0.29, 0.717) is 5.41 Å². The van der Waals surface area contributed by atoms with Gasteiger partial charge in [0.15, 0.2) is 0 Å². The van der Waals surface area contributed by atoms with Crippen molar-refractivity contribution in [3.05, 3.63) is 0 Å². The molecule has 0 amide bonds. The van der Waals surface area contributed by atoms with Crippen LogP contribution in [0.25, 0.3) is 0 Å². The van der Waals surface area contributed by atoms with Gasteiger partial charge in [-0.1, -0.05) is 40.0 Å². The molecular formula is C14H29N. The third-order valence-corrected chi connectivity index (χ3v) is 4.31. The molecule has 1 aliphatic rings. The molecule has 90 valence electrons. The van der Waals surface area contributed by atoms with Crippen molar-refractivity contribution in [2.75, 3.05) is 13.1 Å². The van der Waals surface area contributed by atoms with Crippen LogP contribution in [0.15, 0.2) is 0 Å². The molecular weight excluding hydrogens is 182 g/mol. The van der Waals surface area contributed by atoms with Gasteiger partial charge in [-0.15, -0.1) is 0 Å². The van der Waals surface area contributed by atoms with E-state index in [1.165, 1.54) is 58.0 Å². The second kappa shape index (κ2) is 6.52. The Morgan fingerprint density at radius 1 is 1.13 bits per heavy atom. The zero-order valence-corrected chi connectivity index (χ0v) is 10.9. The molecule has 0 aromatic heterocycles. The van der Waals surface area contributed by atoms with Gasteiger partial charge in [-0.2, -0.15) is 0 Å². The Labute approximate surface area is 96.0 Å². The minimum absolute atomic E-state index is 0.698. The predicted octanol–water partition coefficient (Wildman–Crippen LogP) is 3.98. The maximum atomic E-state index is 3.50. The van der Waals surface area contributed by atoms with Crippen LogP contribution in [0.1, 0.15) is 65.7 Å². The molecule has 0 aromatic rings. The number of hydrogen-bond acceptors (Lipinski definition) is 1. The molecule has 1 heterocycles. The average molecular weight is 211 g/mol. The summed E-state index contributed by atoms with van der Waals surface area (Å²) in [5.41, 5.74) is 0.698. The van der Waals surface area contributed by atoms with E-state index in [0.717, 1.165) is 5.92 Å². The molecule has 1 nitrogen and oxygen atoms in total. The van der Waals surface area contributed by atoms with E-state index in [1.807, 2.05) is 0 Å². The summed E-state index contributed by atoms with van der Waals surface area (Å²) in [6.07, 6.45) is 9.90. The normalized spacial score (nSPS) is 22.6. The van der Waals surface area contributed by atoms with Crippen molar-refractivity contribution in [3.63, 3.8) is 0 Å². The lowest BCUT2D eigenvalue weighted by Gasteiger charge is -2.38. The average Bonchev–Trinajstić information content (AvgIpc) is 2.28. The summed E-state index contributed by atoms with van der Waals surface area (Å²) in [7, 11) is 0. The first kappa shape index (κ1) is 13.0. The molecule has 1 N–H and O–H groups in total. The second-order valence-electron chi connectivity index (χ2n) is 5.55. The van der Waals surface area contributed by atoms with Crippen molar-refractivity contribution in [2.24, 2.45) is 11.3 Å². The second-order valence-corrected chi connectivity index (χ2v) is 5.55. The Hall–Kier alpha value is -0.0400. The molecule has 1 fully saturated rings. The van der Waals surface area contributed by atoms with Gasteiger partial charge in [0.1, 0.15) is 0 Å². The Balaban J connectivity index is 2.41. The van der Waals surface area contributed by atoms with Gasteiger partial charge < -0.3 is 5.32 Å². The van der Waals surface area contributed by atoms with Crippen LogP contribution in [0.4, 0.5) is 0 Å². The van der Waals surface area contributed by atoms with Crippen molar-refractivity contribution >= 4 is 0 Å². The molecule has 15 heavy (non-hydrogen) atoms. The lowest BCUT2D eigenvalue weighted by Crippen LogP contribution is -2.36. The van der Waals surface area contributed by atoms with E-state index in [9.17, 15) is 0 Å². The molecule has 0 radical (unpaired) electrons. The van der Waals surface area contributed by atoms with E-state index >= 15 is 0 Å². The highest BCUT2D eigenvalue weighted by atomic mass is 14.9. The van der Waals surface area contributed by atoms with E-state index in [2.05, 4.69) is 26.1 Å². The molecule has 0 aromatic carbocycles. The summed E-state index contributed by atoms with van der Waals surface area (Å²) < 4.78 is 0. The van der Waals surface area contributed by atoms with Crippen LogP contribution in [0.2, 0.25) is 0 Å². The quantitative estimate of drug-likeness (QED) is 0.700. The predicted molar refractivity (Wildman–Crippen MR) is 68.1 cm³/mol. The molecule has 0 saturated carbocycles. The van der Waals surface area contributed by atoms with Crippen LogP contribution in [-0.2, 0) is 0 Å². The van der Waals surface area contributed by atoms with Crippen molar-refractivity contribution in [3.8, 4) is 0 Å². The van der Waals surface area contributed by atoms with Crippen molar-refractivity contribution in [1.82, 2.24) is 5.32 Å². The Morgan fingerprint density at radius 3 is 2.33 bits per heavy atom. The van der Waals surface area contributed by atoms with Gasteiger partial charge in [-0.25, -0.2) is 0 Å². The third kappa shape index (κ3) is 4.14. The summed E-state index contributed by atoms with van der Waals surface area (Å²) in [6.45, 7) is 9.56. The summed E-state index contributed by atoms with van der Waals surface area (Å²) >= 11 is 0. The number of nitrogens with one attached hydrogen (secondary N) is 1. The molecule has 0 unspecified atom stereocenters. The molecule has 0 bridgehead atoms. The Morgan fingerprint density at radius 2 is 1.80 bits per heavy atom. The molecule has 0 spiro atoms. The number of rotatable bonds is 6. The Bertz CT molecular complexity index is 153. The maximum Gasteiger partial charge on any atom is -0.00436 e. The lowest BCUT2D eigenvalue weighted by molar-refractivity contribution is 0.153. The highest BCUT2D eigenvalue weighted by Gasteiger charge is 2.30. The fourth-order valence-electron chi connectivity index (χ4n) is 2.87. The topological polar surface area (TPSA) is 12.0 Å². The van der Waals surface area contributed by atoms with E-state index in [-0.39, 0.29) is 0 Å². The van der Waals surface area contributed by atoms with Crippen LogP contribution in [0, 0.1) is 11.3 Å². The Kier molecular flexibility index (Phi) is 5.66. The zero-order chi connectivity index (χ0) is 11.1. The molecule has 1 saturated heterocycles. The lowest BCUT2D eigenvalue weighted by atomic mass is 9.71. The first-order valence-electron chi connectivity index (χ1n) is 6.93. The van der Waals surface area contributed by atoms with Gasteiger partial charge in [0, 0.05) is 0 Å². The van der Waals surface area contributed by atoms with Crippen molar-refractivity contribution in [2.45, 2.75) is 65.7 Å². The summed E-state index contributed by atoms with van der Waals surface area (Å²) in [6, 6.07) is 0. The minimum atomic E-state index is 0.698. The summed E-state index contributed by atoms with van der Waals surface area (Å²) in [5.74, 6) is 0.925. The number of piperidine rings is 1. The molecule has 1 atom stereocenters. The van der Waals surface area contributed by atoms with E-state index in [1.54, 1.807) is 0 Å². The molecule has 1 rings (SSSR count). The van der Waals surface area contributed by atoms with Crippen LogP contribution in [0.5, 0.6) is 0 Å². The fraction of sp³-hybridized carbons (Fsp3) is 1.00. The number of hydrogen-bond donors (Lipinski definition) is 1. The maximum absolute atomic E-state index is 3.50. The van der Waals surface area contributed by atoms with E-state index in [4.69, 9.17) is 0 Å². The van der Waals surface area contributed by atoms with Crippen LogP contribution < -0.4 is 5.32 Å². The van der Waals surface area contributed by atoms with Gasteiger partial charge >= 0.3 is 0 Å². The minimum Gasteiger partial charge on any atom is -0.317 e. The van der Waals surface area contributed by atoms with Crippen LogP contribution in [0.3, 0.4) is 0 Å². The third-order valence-electron chi connectivity index (χ3n) is 4.31. The first-order chi connectivity index (χ1) is 7.22. The monoisotopic (exact) mass is 211 g/mol. The van der Waals surface area contributed by atoms with Crippen LogP contribution in [-0.4, -0.2) is 13.1 Å². The van der Waals surface area contributed by atoms with Gasteiger partial charge in [0.25, 0.3) is 0 Å². The SMILES string of the molecule is CCCC1(CC[C@@H](C)CC)CCNCC1. The van der Waals surface area contributed by atoms with Crippen molar-refractivity contribution in [1.29, 1.82) is 0 Å².